The maximum atomic E-state index is 14.2. The van der Waals surface area contributed by atoms with Gasteiger partial charge >= 0.3 is 24.4 Å². The summed E-state index contributed by atoms with van der Waals surface area (Å²) >= 11 is 0. The number of methoxy groups -OCH3 is 1. The second kappa shape index (κ2) is 12.2. The van der Waals surface area contributed by atoms with E-state index in [0.29, 0.717) is 33.6 Å². The van der Waals surface area contributed by atoms with E-state index in [1.54, 1.807) is 31.2 Å². The Morgan fingerprint density at radius 3 is 2.38 bits per heavy atom. The van der Waals surface area contributed by atoms with Crippen molar-refractivity contribution in [3.63, 3.8) is 0 Å². The van der Waals surface area contributed by atoms with Crippen LogP contribution in [0.4, 0.5) is 31.1 Å². The van der Waals surface area contributed by atoms with Gasteiger partial charge in [0.15, 0.2) is 0 Å². The van der Waals surface area contributed by atoms with Crippen LogP contribution in [0, 0.1) is 6.92 Å². The molecule has 9 nitrogen and oxygen atoms in total. The summed E-state index contributed by atoms with van der Waals surface area (Å²) in [6, 6.07) is 10.1. The zero-order valence-corrected chi connectivity index (χ0v) is 27.0. The number of carbonyl (C=O) groups excluding carboxylic acids is 1. The van der Waals surface area contributed by atoms with Gasteiger partial charge in [0.25, 0.3) is 0 Å². The van der Waals surface area contributed by atoms with Crippen LogP contribution in [0.5, 0.6) is 5.75 Å². The maximum absolute atomic E-state index is 14.2. The van der Waals surface area contributed by atoms with Crippen molar-refractivity contribution in [1.82, 2.24) is 15.5 Å². The van der Waals surface area contributed by atoms with Gasteiger partial charge in [0.05, 0.1) is 35.9 Å². The van der Waals surface area contributed by atoms with E-state index in [9.17, 15) is 41.0 Å². The van der Waals surface area contributed by atoms with Crippen molar-refractivity contribution < 1.29 is 45.8 Å². The predicted octanol–water partition coefficient (Wildman–Crippen LogP) is 6.82. The number of aromatic carboxylic acids is 1. The summed E-state index contributed by atoms with van der Waals surface area (Å²) < 4.78 is 89.5. The molecule has 0 aromatic heterocycles. The average molecular weight is 702 g/mol. The van der Waals surface area contributed by atoms with Crippen molar-refractivity contribution in [2.24, 2.45) is 10.7 Å². The van der Waals surface area contributed by atoms with Gasteiger partial charge in [-0.3, -0.25) is 15.2 Å². The molecule has 5 N–H and O–H groups in total. The van der Waals surface area contributed by atoms with Crippen molar-refractivity contribution in [2.45, 2.75) is 61.8 Å². The third-order valence-electron chi connectivity index (χ3n) is 9.86. The van der Waals surface area contributed by atoms with Crippen molar-refractivity contribution in [2.75, 3.05) is 14.2 Å². The standard InChI is InChI=1S/C35H33F6N5O4/c1-18-14-20(29(47)48)4-7-22(18)19-5-9-27(50-3)25(15-19)23-8-6-21(34(36,37)38)16-24(23)26-10-11-33(43-2)30(45-31(49)46(26)33)32(42)12-13-44-28(17-32)35(39,40)41/h4-9,13-17,26,30,43H,10-12,42H2,1-3H3,(H,45,49)(H,47,48). The number of carboxylic acid groups (broad SMARTS) is 1. The largest absolute Gasteiger partial charge is 0.496 e. The van der Waals surface area contributed by atoms with E-state index in [0.717, 1.165) is 24.4 Å². The van der Waals surface area contributed by atoms with Crippen molar-refractivity contribution in [3.8, 4) is 28.0 Å². The Labute approximate surface area is 282 Å². The Morgan fingerprint density at radius 2 is 1.76 bits per heavy atom. The molecule has 3 aliphatic rings. The Hall–Kier alpha value is -4.89. The van der Waals surface area contributed by atoms with Gasteiger partial charge < -0.3 is 20.9 Å². The molecule has 0 radical (unpaired) electrons. The molecular weight excluding hydrogens is 668 g/mol. The first-order chi connectivity index (χ1) is 23.4. The van der Waals surface area contributed by atoms with E-state index in [-0.39, 0.29) is 30.4 Å². The number of ether oxygens (including phenoxy) is 1. The number of urea groups is 1. The fraction of sp³-hybridized carbons (Fsp3) is 0.343. The highest BCUT2D eigenvalue weighted by atomic mass is 19.4. The molecule has 2 fully saturated rings. The second-order valence-corrected chi connectivity index (χ2v) is 12.7. The molecule has 4 unspecified atom stereocenters. The number of hydrogen-bond acceptors (Lipinski definition) is 6. The molecule has 2 amide bonds. The second-order valence-electron chi connectivity index (χ2n) is 12.7. The lowest BCUT2D eigenvalue weighted by molar-refractivity contribution is -0.137. The van der Waals surface area contributed by atoms with Gasteiger partial charge in [-0.15, -0.1) is 0 Å². The monoisotopic (exact) mass is 701 g/mol. The lowest BCUT2D eigenvalue weighted by Gasteiger charge is -2.44. The first kappa shape index (κ1) is 35.0. The molecule has 50 heavy (non-hydrogen) atoms. The highest BCUT2D eigenvalue weighted by Gasteiger charge is 2.64. The van der Waals surface area contributed by atoms with E-state index in [1.165, 1.54) is 37.3 Å². The number of aliphatic imine (C=N–C) groups is 1. The lowest BCUT2D eigenvalue weighted by atomic mass is 9.78. The third kappa shape index (κ3) is 5.77. The van der Waals surface area contributed by atoms with Crippen molar-refractivity contribution in [1.29, 1.82) is 0 Å². The number of rotatable bonds is 7. The minimum atomic E-state index is -4.80. The molecule has 4 atom stereocenters. The van der Waals surface area contributed by atoms with E-state index in [4.69, 9.17) is 10.5 Å². The number of alkyl halides is 6. The SMILES string of the molecule is CNC12CCC(c3cc(C(F)(F)F)ccc3-c3cc(-c4ccc(C(=O)O)cc4C)ccc3OC)N1C(=O)NC2C1(N)C=C(C(F)(F)F)N=CC1. The number of nitrogens with zero attached hydrogens (tertiary/aromatic N) is 2. The van der Waals surface area contributed by atoms with Crippen LogP contribution < -0.4 is 21.1 Å². The summed E-state index contributed by atoms with van der Waals surface area (Å²) in [4.78, 5) is 30.2. The minimum Gasteiger partial charge on any atom is -0.496 e. The predicted molar refractivity (Wildman–Crippen MR) is 173 cm³/mol. The molecule has 3 aromatic carbocycles. The number of amides is 2. The lowest BCUT2D eigenvalue weighted by Crippen LogP contribution is -2.69. The number of likely N-dealkylation sites (N-methyl/N-ethyl adjacent to an activating group) is 1. The molecule has 0 saturated carbocycles. The normalized spacial score (nSPS) is 25.0. The van der Waals surface area contributed by atoms with E-state index in [1.807, 2.05) is 0 Å². The number of nitrogens with one attached hydrogen (secondary N) is 2. The number of benzene rings is 3. The third-order valence-corrected chi connectivity index (χ3v) is 9.86. The van der Waals surface area contributed by atoms with Crippen LogP contribution in [0.2, 0.25) is 0 Å². The van der Waals surface area contributed by atoms with Gasteiger partial charge in [0, 0.05) is 18.2 Å². The molecule has 6 rings (SSSR count). The Morgan fingerprint density at radius 1 is 1.04 bits per heavy atom. The Kier molecular flexibility index (Phi) is 8.50. The fourth-order valence-electron chi connectivity index (χ4n) is 7.54. The van der Waals surface area contributed by atoms with Crippen molar-refractivity contribution in [3.05, 3.63) is 88.6 Å². The van der Waals surface area contributed by atoms with Crippen LogP contribution in [-0.2, 0) is 6.18 Å². The maximum Gasteiger partial charge on any atom is 0.433 e. The molecule has 0 aliphatic carbocycles. The summed E-state index contributed by atoms with van der Waals surface area (Å²) in [7, 11) is 2.93. The molecule has 3 aromatic rings. The van der Waals surface area contributed by atoms with Crippen LogP contribution in [-0.4, -0.2) is 65.8 Å². The number of fused-ring (bicyclic) bond motifs is 1. The van der Waals surface area contributed by atoms with Crippen LogP contribution in [0.1, 0.15) is 52.4 Å². The minimum absolute atomic E-state index is 0.0892. The highest BCUT2D eigenvalue weighted by Crippen LogP contribution is 2.52. The molecule has 0 bridgehead atoms. The van der Waals surface area contributed by atoms with Crippen molar-refractivity contribution >= 4 is 18.2 Å². The average Bonchev–Trinajstić information content (AvgIpc) is 3.59. The first-order valence-electron chi connectivity index (χ1n) is 15.6. The van der Waals surface area contributed by atoms with E-state index < -0.39 is 58.9 Å². The zero-order valence-electron chi connectivity index (χ0n) is 27.0. The number of nitrogens with two attached hydrogens (primary N) is 1. The Bertz CT molecular complexity index is 1940. The quantitative estimate of drug-likeness (QED) is 0.200. The van der Waals surface area contributed by atoms with Crippen LogP contribution >= 0.6 is 0 Å². The number of carboxylic acids is 1. The van der Waals surface area contributed by atoms with Crippen LogP contribution in [0.25, 0.3) is 22.3 Å². The van der Waals surface area contributed by atoms with Crippen LogP contribution in [0.15, 0.2) is 71.4 Å². The molecule has 15 heteroatoms. The highest BCUT2D eigenvalue weighted by molar-refractivity contribution is 5.90. The van der Waals surface area contributed by atoms with Gasteiger partial charge in [-0.05, 0) is 97.1 Å². The van der Waals surface area contributed by atoms with Gasteiger partial charge in [-0.2, -0.15) is 26.3 Å². The number of allylic oxidation sites excluding steroid dienone is 1. The summed E-state index contributed by atoms with van der Waals surface area (Å²) in [5.41, 5.74) is 4.26. The van der Waals surface area contributed by atoms with Gasteiger partial charge in [-0.1, -0.05) is 18.2 Å². The summed E-state index contributed by atoms with van der Waals surface area (Å²) in [5, 5.41) is 15.3. The van der Waals surface area contributed by atoms with Gasteiger partial charge in [0.1, 0.15) is 17.1 Å². The molecule has 3 aliphatic heterocycles. The van der Waals surface area contributed by atoms with Crippen LogP contribution in [0.3, 0.4) is 0 Å². The topological polar surface area (TPSA) is 129 Å². The number of aryl methyl sites for hydroxylation is 1. The molecular formula is C35H33F6N5O4. The molecule has 264 valence electrons. The molecule has 2 saturated heterocycles. The fourth-order valence-corrected chi connectivity index (χ4v) is 7.54. The number of halogens is 6. The summed E-state index contributed by atoms with van der Waals surface area (Å²) in [5.74, 6) is -0.774. The van der Waals surface area contributed by atoms with E-state index >= 15 is 0 Å². The zero-order chi connectivity index (χ0) is 36.4. The summed E-state index contributed by atoms with van der Waals surface area (Å²) in [6.45, 7) is 1.74. The molecule has 3 heterocycles. The smallest absolute Gasteiger partial charge is 0.433 e. The van der Waals surface area contributed by atoms with Gasteiger partial charge in [-0.25, -0.2) is 9.59 Å². The molecule has 0 spiro atoms. The number of carbonyl (C=O) groups is 2. The van der Waals surface area contributed by atoms with E-state index in [2.05, 4.69) is 15.6 Å². The van der Waals surface area contributed by atoms with Gasteiger partial charge in [0.2, 0.25) is 0 Å². The Balaban J connectivity index is 1.49. The first-order valence-corrected chi connectivity index (χ1v) is 15.6. The number of hydrogen-bond donors (Lipinski definition) is 4. The summed E-state index contributed by atoms with van der Waals surface area (Å²) in [6.07, 6.45) is -7.53.